The fourth-order valence-electron chi connectivity index (χ4n) is 18.3. The summed E-state index contributed by atoms with van der Waals surface area (Å²) >= 11 is 0. The lowest BCUT2D eigenvalue weighted by Gasteiger charge is -2.63. The molecule has 10 fully saturated rings. The van der Waals surface area contributed by atoms with Crippen molar-refractivity contribution in [1.82, 2.24) is 0 Å². The molecular weight excluding hydrogens is 649 g/mol. The van der Waals surface area contributed by atoms with Crippen LogP contribution in [-0.4, -0.2) is 32.6 Å². The van der Waals surface area contributed by atoms with Gasteiger partial charge in [0.1, 0.15) is 0 Å². The van der Waals surface area contributed by atoms with Crippen LogP contribution in [-0.2, 0) is 0 Å². The number of hydrogen-bond acceptors (Lipinski definition) is 3. The number of fused-ring (bicyclic) bond motifs is 10. The van der Waals surface area contributed by atoms with E-state index in [2.05, 4.69) is 40.7 Å². The zero-order valence-corrected chi connectivity index (χ0v) is 33.9. The smallest absolute Gasteiger partial charge is 0.0622 e. The lowest BCUT2D eigenvalue weighted by molar-refractivity contribution is -0.166. The van der Waals surface area contributed by atoms with Gasteiger partial charge in [-0.2, -0.15) is 0 Å². The first-order valence-electron chi connectivity index (χ1n) is 23.0. The summed E-state index contributed by atoms with van der Waals surface area (Å²) in [6.07, 6.45) is 31.8. The first kappa shape index (κ1) is 40.8. The molecule has 16 atom stereocenters. The van der Waals surface area contributed by atoms with Gasteiger partial charge in [0.2, 0.25) is 0 Å². The fraction of sp³-hybridized carbons (Fsp3) is 0.960. The Morgan fingerprint density at radius 1 is 0.547 bits per heavy atom. The average molecular weight is 735 g/mol. The van der Waals surface area contributed by atoms with E-state index in [1.807, 2.05) is 6.92 Å². The summed E-state index contributed by atoms with van der Waals surface area (Å²) in [5.41, 5.74) is 3.07. The van der Waals surface area contributed by atoms with Gasteiger partial charge in [-0.25, -0.2) is 0 Å². The Balaban J connectivity index is 0.000000158. The van der Waals surface area contributed by atoms with Crippen LogP contribution in [0.3, 0.4) is 0 Å². The zero-order valence-electron chi connectivity index (χ0n) is 33.9. The normalized spacial score (nSPS) is 55.3. The molecule has 0 aromatic heterocycles. The Morgan fingerprint density at radius 3 is 1.53 bits per heavy atom. The predicted molar refractivity (Wildman–Crippen MR) is 221 cm³/mol. The van der Waals surface area contributed by atoms with Gasteiger partial charge in [0.15, 0.2) is 0 Å². The summed E-state index contributed by atoms with van der Waals surface area (Å²) in [5.74, 6) is 9.66. The Kier molecular flexibility index (Phi) is 10.7. The molecule has 10 aliphatic rings. The van der Waals surface area contributed by atoms with Crippen LogP contribution in [0.5, 0.6) is 0 Å². The van der Waals surface area contributed by atoms with E-state index in [4.69, 9.17) is 0 Å². The van der Waals surface area contributed by atoms with Gasteiger partial charge in [-0.15, -0.1) is 0 Å². The maximum absolute atomic E-state index is 10.8. The minimum Gasteiger partial charge on any atom is -0.393 e. The summed E-state index contributed by atoms with van der Waals surface area (Å²) in [4.78, 5) is 0. The minimum atomic E-state index is -0.413. The van der Waals surface area contributed by atoms with Crippen molar-refractivity contribution in [3.63, 3.8) is 0 Å². The Morgan fingerprint density at radius 2 is 1.04 bits per heavy atom. The summed E-state index contributed by atoms with van der Waals surface area (Å²) in [5, 5.41) is 32.0. The monoisotopic (exact) mass is 735 g/mol. The van der Waals surface area contributed by atoms with Crippen LogP contribution < -0.4 is 0 Å². The molecule has 0 bridgehead atoms. The van der Waals surface area contributed by atoms with Gasteiger partial charge in [0.25, 0.3) is 0 Å². The van der Waals surface area contributed by atoms with Crippen LogP contribution in [0, 0.1) is 86.8 Å². The van der Waals surface area contributed by atoms with Gasteiger partial charge in [-0.1, -0.05) is 40.3 Å². The largest absolute Gasteiger partial charge is 0.393 e. The standard InChI is InChI=1S/C24H40O2.C24H38O.2CH4/c1-15(25)19-8-9-20-18-7-6-17-14-22(2,26)12-13-24(17,16-4-5-16)21(18)10-11-23(19,20)3;1-4-16-8-10-20-19-9-7-18-15-22(2,25)13-14-24(18,17-5-6-17)21(19)11-12-23(16,20)3;;/h15-21,25-26H,4-14H2,1-3H3;4,17-21,25H,5-15H2,1-3H3;2*1H4/b;16-4-;;/t15?,17-,18+,19-,20+,21+,22-,23-,24-;18-,19+,20+,21+,22-,23-,24-;;/m11../s1. The van der Waals surface area contributed by atoms with E-state index in [9.17, 15) is 15.3 Å². The quantitative estimate of drug-likeness (QED) is 0.253. The first-order valence-corrected chi connectivity index (χ1v) is 23.0. The Labute approximate surface area is 327 Å². The molecule has 0 amide bonds. The second-order valence-electron chi connectivity index (χ2n) is 22.8. The minimum absolute atomic E-state index is 0. The van der Waals surface area contributed by atoms with E-state index < -0.39 is 5.60 Å². The molecular formula is C50H86O3. The van der Waals surface area contributed by atoms with E-state index in [0.717, 1.165) is 84.9 Å². The Bertz CT molecular complexity index is 1350. The van der Waals surface area contributed by atoms with E-state index in [1.165, 1.54) is 116 Å². The van der Waals surface area contributed by atoms with Crippen LogP contribution in [0.4, 0.5) is 0 Å². The van der Waals surface area contributed by atoms with Crippen LogP contribution in [0.1, 0.15) is 198 Å². The molecule has 0 aliphatic heterocycles. The zero-order chi connectivity index (χ0) is 35.8. The molecule has 10 rings (SSSR count). The van der Waals surface area contributed by atoms with Crippen molar-refractivity contribution in [3.05, 3.63) is 11.6 Å². The molecule has 0 aromatic carbocycles. The third kappa shape index (κ3) is 6.16. The third-order valence-corrected chi connectivity index (χ3v) is 20.6. The highest BCUT2D eigenvalue weighted by atomic mass is 16.3. The molecule has 304 valence electrons. The molecule has 53 heavy (non-hydrogen) atoms. The molecule has 0 heterocycles. The third-order valence-electron chi connectivity index (χ3n) is 20.6. The van der Waals surface area contributed by atoms with Crippen molar-refractivity contribution >= 4 is 0 Å². The Hall–Kier alpha value is -0.380. The fourth-order valence-corrected chi connectivity index (χ4v) is 18.3. The summed E-state index contributed by atoms with van der Waals surface area (Å²) in [7, 11) is 0. The first-order chi connectivity index (χ1) is 24.2. The van der Waals surface area contributed by atoms with Crippen molar-refractivity contribution in [2.75, 3.05) is 0 Å². The van der Waals surface area contributed by atoms with E-state index in [-0.39, 0.29) is 26.6 Å². The van der Waals surface area contributed by atoms with Crippen LogP contribution in [0.15, 0.2) is 11.6 Å². The molecule has 0 aromatic rings. The van der Waals surface area contributed by atoms with Crippen molar-refractivity contribution in [3.8, 4) is 0 Å². The van der Waals surface area contributed by atoms with Crippen LogP contribution >= 0.6 is 0 Å². The molecule has 0 saturated heterocycles. The van der Waals surface area contributed by atoms with Crippen molar-refractivity contribution in [1.29, 1.82) is 0 Å². The topological polar surface area (TPSA) is 60.7 Å². The van der Waals surface area contributed by atoms with Gasteiger partial charge >= 0.3 is 0 Å². The predicted octanol–water partition coefficient (Wildman–Crippen LogP) is 12.6. The lowest BCUT2D eigenvalue weighted by Crippen LogP contribution is -2.57. The van der Waals surface area contributed by atoms with Gasteiger partial charge in [0, 0.05) is 0 Å². The van der Waals surface area contributed by atoms with Gasteiger partial charge in [-0.05, 0) is 256 Å². The highest BCUT2D eigenvalue weighted by Gasteiger charge is 2.67. The number of rotatable bonds is 3. The second kappa shape index (κ2) is 13.9. The van der Waals surface area contributed by atoms with Gasteiger partial charge in [0.05, 0.1) is 17.3 Å². The second-order valence-corrected chi connectivity index (χ2v) is 22.8. The number of aliphatic hydroxyl groups is 3. The average Bonchev–Trinajstić information content (AvgIpc) is 4.02. The van der Waals surface area contributed by atoms with E-state index in [1.54, 1.807) is 5.57 Å². The van der Waals surface area contributed by atoms with Crippen molar-refractivity contribution < 1.29 is 15.3 Å². The number of hydrogen-bond donors (Lipinski definition) is 3. The molecule has 3 heteroatoms. The van der Waals surface area contributed by atoms with E-state index >= 15 is 0 Å². The van der Waals surface area contributed by atoms with Crippen molar-refractivity contribution in [2.45, 2.75) is 215 Å². The molecule has 10 aliphatic carbocycles. The molecule has 1 unspecified atom stereocenters. The molecule has 3 nitrogen and oxygen atoms in total. The maximum atomic E-state index is 10.8. The van der Waals surface area contributed by atoms with Gasteiger partial charge in [-0.3, -0.25) is 0 Å². The van der Waals surface area contributed by atoms with Crippen molar-refractivity contribution in [2.24, 2.45) is 86.8 Å². The lowest BCUT2D eigenvalue weighted by atomic mass is 9.42. The van der Waals surface area contributed by atoms with E-state index in [0.29, 0.717) is 27.6 Å². The molecule has 3 N–H and O–H groups in total. The summed E-state index contributed by atoms with van der Waals surface area (Å²) < 4.78 is 0. The highest BCUT2D eigenvalue weighted by Crippen LogP contribution is 2.74. The maximum Gasteiger partial charge on any atom is 0.0622 e. The van der Waals surface area contributed by atoms with Crippen LogP contribution in [0.25, 0.3) is 0 Å². The molecule has 0 spiro atoms. The molecule has 0 radical (unpaired) electrons. The van der Waals surface area contributed by atoms with Crippen LogP contribution in [0.2, 0.25) is 0 Å². The summed E-state index contributed by atoms with van der Waals surface area (Å²) in [6.45, 7) is 13.7. The SMILES string of the molecule is C.C.C/C=C1/CC[C@H]2[C@@H]3CC[C@@H]4C[C@](C)(O)CC[C@]4(C4CC4)[C@H]3CC[C@]12C.CC(O)[C@H]1CC[C@H]2[C@@H]3CC[C@@H]4C[C@](C)(O)CC[C@]4(C4CC4)[C@H]3CC[C@]12C. The van der Waals surface area contributed by atoms with Gasteiger partial charge < -0.3 is 15.3 Å². The number of aliphatic hydroxyl groups excluding tert-OH is 1. The molecule has 10 saturated carbocycles. The highest BCUT2D eigenvalue weighted by molar-refractivity contribution is 5.25. The number of allylic oxidation sites excluding steroid dienone is 2. The summed E-state index contributed by atoms with van der Waals surface area (Å²) in [6, 6.07) is 0.